The van der Waals surface area contributed by atoms with Gasteiger partial charge in [-0.1, -0.05) is 24.6 Å². The van der Waals surface area contributed by atoms with Crippen molar-refractivity contribution in [2.45, 2.75) is 39.2 Å². The lowest BCUT2D eigenvalue weighted by Crippen LogP contribution is -2.54. The summed E-state index contributed by atoms with van der Waals surface area (Å²) < 4.78 is 4.91. The average molecular weight is 389 g/mol. The van der Waals surface area contributed by atoms with Crippen molar-refractivity contribution in [3.05, 3.63) is 35.4 Å². The lowest BCUT2D eigenvalue weighted by molar-refractivity contribution is -0.136. The summed E-state index contributed by atoms with van der Waals surface area (Å²) >= 11 is 0. The first kappa shape index (κ1) is 21.9. The van der Waals surface area contributed by atoms with Gasteiger partial charge in [-0.2, -0.15) is 0 Å². The van der Waals surface area contributed by atoms with Gasteiger partial charge < -0.3 is 20.3 Å². The largest absolute Gasteiger partial charge is 0.375 e. The highest BCUT2D eigenvalue weighted by molar-refractivity contribution is 5.97. The van der Waals surface area contributed by atoms with Crippen LogP contribution in [0.2, 0.25) is 0 Å². The van der Waals surface area contributed by atoms with Crippen LogP contribution in [0.3, 0.4) is 0 Å². The van der Waals surface area contributed by atoms with Gasteiger partial charge in [0.25, 0.3) is 5.91 Å². The number of amides is 3. The highest BCUT2D eigenvalue weighted by Crippen LogP contribution is 2.22. The molecule has 3 amide bonds. The van der Waals surface area contributed by atoms with Gasteiger partial charge in [-0.25, -0.2) is 0 Å². The molecule has 28 heavy (non-hydrogen) atoms. The predicted octanol–water partition coefficient (Wildman–Crippen LogP) is 1.50. The Hall–Kier alpha value is -2.41. The van der Waals surface area contributed by atoms with E-state index in [1.54, 1.807) is 11.0 Å². The molecule has 1 unspecified atom stereocenters. The molecule has 7 nitrogen and oxygen atoms in total. The smallest absolute Gasteiger partial charge is 0.251 e. The summed E-state index contributed by atoms with van der Waals surface area (Å²) in [5, 5.41) is 5.83. The fraction of sp³-hybridized carbons (Fsp3) is 0.571. The lowest BCUT2D eigenvalue weighted by Gasteiger charge is -2.35. The Labute approximate surface area is 166 Å². The maximum atomic E-state index is 12.7. The number of rotatable bonds is 8. The van der Waals surface area contributed by atoms with Crippen molar-refractivity contribution in [3.63, 3.8) is 0 Å². The molecule has 0 aliphatic carbocycles. The molecule has 1 aromatic carbocycles. The number of hydrogen-bond donors (Lipinski definition) is 2. The number of nitrogens with one attached hydrogen (secondary N) is 2. The molecule has 1 saturated heterocycles. The van der Waals surface area contributed by atoms with Gasteiger partial charge in [0.15, 0.2) is 0 Å². The van der Waals surface area contributed by atoms with Crippen LogP contribution in [0.4, 0.5) is 0 Å². The zero-order chi connectivity index (χ0) is 20.5. The van der Waals surface area contributed by atoms with Crippen LogP contribution in [-0.4, -0.2) is 62.0 Å². The van der Waals surface area contributed by atoms with Gasteiger partial charge in [-0.05, 0) is 44.2 Å². The van der Waals surface area contributed by atoms with E-state index in [4.69, 9.17) is 4.74 Å². The van der Waals surface area contributed by atoms with Crippen LogP contribution in [0.1, 0.15) is 42.1 Å². The van der Waals surface area contributed by atoms with Crippen LogP contribution in [0.15, 0.2) is 24.3 Å². The molecule has 0 radical (unpaired) electrons. The molecule has 1 atom stereocenters. The fourth-order valence-corrected chi connectivity index (χ4v) is 3.46. The van der Waals surface area contributed by atoms with Crippen molar-refractivity contribution < 1.29 is 19.1 Å². The molecule has 1 aliphatic rings. The number of carbonyl (C=O) groups excluding carboxylic acids is 3. The maximum absolute atomic E-state index is 12.7. The molecule has 7 heteroatoms. The van der Waals surface area contributed by atoms with E-state index in [2.05, 4.69) is 10.6 Å². The standard InChI is InChI=1S/C21H31N3O4/c1-4-10-22-21(27)19(23-20(26)17-7-5-6-15(2)13-17)16-8-11-24(12-9-16)18(25)14-28-3/h5-7,13,16,19H,4,8-12,14H2,1-3H3,(H,22,27)(H,23,26). The zero-order valence-electron chi connectivity index (χ0n) is 17.0. The topological polar surface area (TPSA) is 87.7 Å². The van der Waals surface area contributed by atoms with E-state index in [9.17, 15) is 14.4 Å². The van der Waals surface area contributed by atoms with Crippen molar-refractivity contribution in [2.24, 2.45) is 5.92 Å². The molecule has 0 bridgehead atoms. The summed E-state index contributed by atoms with van der Waals surface area (Å²) in [6.45, 7) is 5.67. The minimum absolute atomic E-state index is 0.0165. The summed E-state index contributed by atoms with van der Waals surface area (Å²) in [7, 11) is 1.50. The number of aryl methyl sites for hydroxylation is 1. The minimum atomic E-state index is -0.612. The van der Waals surface area contributed by atoms with Crippen molar-refractivity contribution in [2.75, 3.05) is 33.4 Å². The van der Waals surface area contributed by atoms with Gasteiger partial charge in [-0.3, -0.25) is 14.4 Å². The molecular formula is C21H31N3O4. The van der Waals surface area contributed by atoms with Crippen LogP contribution < -0.4 is 10.6 Å². The molecule has 0 saturated carbocycles. The SMILES string of the molecule is CCCNC(=O)C(NC(=O)c1cccc(C)c1)C1CCN(C(=O)COC)CC1. The number of ether oxygens (including phenoxy) is 1. The number of methoxy groups -OCH3 is 1. The molecule has 1 aliphatic heterocycles. The van der Waals surface area contributed by atoms with Gasteiger partial charge in [0, 0.05) is 32.3 Å². The van der Waals surface area contributed by atoms with E-state index in [1.807, 2.05) is 32.0 Å². The van der Waals surface area contributed by atoms with Gasteiger partial charge >= 0.3 is 0 Å². The number of likely N-dealkylation sites (tertiary alicyclic amines) is 1. The second-order valence-electron chi connectivity index (χ2n) is 7.26. The Morgan fingerprint density at radius 3 is 2.57 bits per heavy atom. The quantitative estimate of drug-likeness (QED) is 0.705. The van der Waals surface area contributed by atoms with Crippen LogP contribution >= 0.6 is 0 Å². The summed E-state index contributed by atoms with van der Waals surface area (Å²) in [5.74, 6) is -0.475. The number of benzene rings is 1. The summed E-state index contributed by atoms with van der Waals surface area (Å²) in [6, 6.07) is 6.70. The molecule has 154 valence electrons. The zero-order valence-corrected chi connectivity index (χ0v) is 17.0. The van der Waals surface area contributed by atoms with E-state index in [-0.39, 0.29) is 30.2 Å². The van der Waals surface area contributed by atoms with Crippen LogP contribution in [-0.2, 0) is 14.3 Å². The Bertz CT molecular complexity index is 684. The van der Waals surface area contributed by atoms with E-state index in [0.717, 1.165) is 12.0 Å². The van der Waals surface area contributed by atoms with Gasteiger partial charge in [-0.15, -0.1) is 0 Å². The van der Waals surface area contributed by atoms with Crippen LogP contribution in [0.25, 0.3) is 0 Å². The normalized spacial score (nSPS) is 15.8. The molecule has 2 N–H and O–H groups in total. The first-order chi connectivity index (χ1) is 13.5. The summed E-state index contributed by atoms with van der Waals surface area (Å²) in [5.41, 5.74) is 1.53. The average Bonchev–Trinajstić information content (AvgIpc) is 2.70. The van der Waals surface area contributed by atoms with Crippen LogP contribution in [0.5, 0.6) is 0 Å². The van der Waals surface area contributed by atoms with Gasteiger partial charge in [0.2, 0.25) is 11.8 Å². The minimum Gasteiger partial charge on any atom is -0.375 e. The summed E-state index contributed by atoms with van der Waals surface area (Å²) in [4.78, 5) is 39.2. The monoisotopic (exact) mass is 389 g/mol. The number of nitrogens with zero attached hydrogens (tertiary/aromatic N) is 1. The number of hydrogen-bond acceptors (Lipinski definition) is 4. The molecule has 1 heterocycles. The van der Waals surface area contributed by atoms with Crippen molar-refractivity contribution in [1.82, 2.24) is 15.5 Å². The lowest BCUT2D eigenvalue weighted by atomic mass is 9.88. The molecule has 2 rings (SSSR count). The third-order valence-electron chi connectivity index (χ3n) is 5.03. The van der Waals surface area contributed by atoms with E-state index in [1.165, 1.54) is 7.11 Å². The Balaban J connectivity index is 2.06. The molecular weight excluding hydrogens is 358 g/mol. The Morgan fingerprint density at radius 2 is 1.96 bits per heavy atom. The molecule has 1 aromatic rings. The summed E-state index contributed by atoms with van der Waals surface area (Å²) in [6.07, 6.45) is 2.15. The Kier molecular flexibility index (Phi) is 8.44. The van der Waals surface area contributed by atoms with Crippen molar-refractivity contribution >= 4 is 17.7 Å². The van der Waals surface area contributed by atoms with Gasteiger partial charge in [0.05, 0.1) is 0 Å². The third kappa shape index (κ3) is 6.05. The van der Waals surface area contributed by atoms with E-state index < -0.39 is 6.04 Å². The molecule has 1 fully saturated rings. The molecule has 0 aromatic heterocycles. The van der Waals surface area contributed by atoms with Crippen molar-refractivity contribution in [3.8, 4) is 0 Å². The maximum Gasteiger partial charge on any atom is 0.251 e. The highest BCUT2D eigenvalue weighted by Gasteiger charge is 2.33. The number of piperidine rings is 1. The van der Waals surface area contributed by atoms with Crippen LogP contribution in [0, 0.1) is 12.8 Å². The van der Waals surface area contributed by atoms with E-state index >= 15 is 0 Å². The first-order valence-corrected chi connectivity index (χ1v) is 9.88. The third-order valence-corrected chi connectivity index (χ3v) is 5.03. The first-order valence-electron chi connectivity index (χ1n) is 9.88. The van der Waals surface area contributed by atoms with Crippen molar-refractivity contribution in [1.29, 1.82) is 0 Å². The number of carbonyl (C=O) groups is 3. The molecule has 0 spiro atoms. The van der Waals surface area contributed by atoms with Gasteiger partial charge in [0.1, 0.15) is 12.6 Å². The fourth-order valence-electron chi connectivity index (χ4n) is 3.46. The highest BCUT2D eigenvalue weighted by atomic mass is 16.5. The second-order valence-corrected chi connectivity index (χ2v) is 7.26. The Morgan fingerprint density at radius 1 is 1.25 bits per heavy atom. The predicted molar refractivity (Wildman–Crippen MR) is 107 cm³/mol. The second kappa shape index (κ2) is 10.8. The van der Waals surface area contributed by atoms with E-state index in [0.29, 0.717) is 38.0 Å².